The van der Waals surface area contributed by atoms with Gasteiger partial charge in [-0.25, -0.2) is 0 Å². The molecule has 0 bridgehead atoms. The van der Waals surface area contributed by atoms with E-state index in [4.69, 9.17) is 9.47 Å². The molecule has 3 nitrogen and oxygen atoms in total. The van der Waals surface area contributed by atoms with Crippen molar-refractivity contribution in [3.05, 3.63) is 29.8 Å². The lowest BCUT2D eigenvalue weighted by atomic mass is 10.1. The number of benzene rings is 1. The number of para-hydroxylation sites is 1. The summed E-state index contributed by atoms with van der Waals surface area (Å²) in [5.41, 5.74) is 1.22. The van der Waals surface area contributed by atoms with E-state index in [0.29, 0.717) is 19.3 Å². The number of hydrogen-bond donors (Lipinski definition) is 1. The zero-order valence-electron chi connectivity index (χ0n) is 13.2. The first-order chi connectivity index (χ1) is 9.79. The van der Waals surface area contributed by atoms with Gasteiger partial charge in [-0.05, 0) is 26.0 Å². The van der Waals surface area contributed by atoms with Gasteiger partial charge in [0.05, 0.1) is 6.61 Å². The molecule has 0 aliphatic carbocycles. The second-order valence-corrected chi connectivity index (χ2v) is 5.12. The SMILES string of the molecule is CCCCCCNC(C)c1ccccc1OCCOC. The fraction of sp³-hybridized carbons (Fsp3) is 0.647. The lowest BCUT2D eigenvalue weighted by Gasteiger charge is -2.18. The average Bonchev–Trinajstić information content (AvgIpc) is 2.47. The Bertz CT molecular complexity index is 355. The van der Waals surface area contributed by atoms with Crippen molar-refractivity contribution in [1.29, 1.82) is 0 Å². The first-order valence-electron chi connectivity index (χ1n) is 7.73. The van der Waals surface area contributed by atoms with Crippen LogP contribution in [0.15, 0.2) is 24.3 Å². The van der Waals surface area contributed by atoms with Crippen LogP contribution in [0.5, 0.6) is 5.75 Å². The Morgan fingerprint density at radius 2 is 1.90 bits per heavy atom. The Kier molecular flexibility index (Phi) is 9.09. The summed E-state index contributed by atoms with van der Waals surface area (Å²) in [5.74, 6) is 0.957. The molecule has 0 heterocycles. The van der Waals surface area contributed by atoms with Gasteiger partial charge < -0.3 is 14.8 Å². The van der Waals surface area contributed by atoms with Crippen LogP contribution in [0.1, 0.15) is 51.1 Å². The van der Waals surface area contributed by atoms with Crippen LogP contribution in [-0.2, 0) is 4.74 Å². The van der Waals surface area contributed by atoms with Crippen molar-refractivity contribution in [2.75, 3.05) is 26.9 Å². The van der Waals surface area contributed by atoms with Crippen LogP contribution in [-0.4, -0.2) is 26.9 Å². The van der Waals surface area contributed by atoms with E-state index < -0.39 is 0 Å². The average molecular weight is 279 g/mol. The first-order valence-corrected chi connectivity index (χ1v) is 7.73. The third-order valence-electron chi connectivity index (χ3n) is 3.41. The minimum Gasteiger partial charge on any atom is -0.491 e. The van der Waals surface area contributed by atoms with E-state index in [9.17, 15) is 0 Å². The van der Waals surface area contributed by atoms with Crippen molar-refractivity contribution in [3.63, 3.8) is 0 Å². The fourth-order valence-corrected chi connectivity index (χ4v) is 2.18. The van der Waals surface area contributed by atoms with E-state index in [0.717, 1.165) is 12.3 Å². The quantitative estimate of drug-likeness (QED) is 0.622. The molecule has 0 saturated carbocycles. The predicted molar refractivity (Wildman–Crippen MR) is 84.4 cm³/mol. The maximum Gasteiger partial charge on any atom is 0.124 e. The molecule has 1 rings (SSSR count). The van der Waals surface area contributed by atoms with Gasteiger partial charge in [-0.15, -0.1) is 0 Å². The second kappa shape index (κ2) is 10.7. The molecule has 0 aromatic heterocycles. The molecule has 3 heteroatoms. The maximum atomic E-state index is 5.78. The molecule has 1 N–H and O–H groups in total. The lowest BCUT2D eigenvalue weighted by Crippen LogP contribution is -2.20. The molecule has 20 heavy (non-hydrogen) atoms. The standard InChI is InChI=1S/C17H29NO2/c1-4-5-6-9-12-18-15(2)16-10-7-8-11-17(16)20-14-13-19-3/h7-8,10-11,15,18H,4-6,9,12-14H2,1-3H3. The maximum absolute atomic E-state index is 5.78. The summed E-state index contributed by atoms with van der Waals surface area (Å²) in [6.07, 6.45) is 5.16. The molecule has 0 aliphatic rings. The fourth-order valence-electron chi connectivity index (χ4n) is 2.18. The van der Waals surface area contributed by atoms with Crippen LogP contribution in [0.3, 0.4) is 0 Å². The summed E-state index contributed by atoms with van der Waals surface area (Å²) in [6, 6.07) is 8.55. The molecule has 0 fully saturated rings. The van der Waals surface area contributed by atoms with E-state index in [1.165, 1.54) is 31.2 Å². The van der Waals surface area contributed by atoms with Crippen molar-refractivity contribution in [2.45, 2.75) is 45.6 Å². The molecule has 1 aromatic rings. The highest BCUT2D eigenvalue weighted by molar-refractivity contribution is 5.35. The highest BCUT2D eigenvalue weighted by Gasteiger charge is 2.10. The van der Waals surface area contributed by atoms with Gasteiger partial charge in [-0.3, -0.25) is 0 Å². The van der Waals surface area contributed by atoms with Crippen LogP contribution < -0.4 is 10.1 Å². The predicted octanol–water partition coefficient (Wildman–Crippen LogP) is 3.94. The van der Waals surface area contributed by atoms with E-state index in [2.05, 4.69) is 31.3 Å². The summed E-state index contributed by atoms with van der Waals surface area (Å²) in [6.45, 7) is 6.71. The Balaban J connectivity index is 2.43. The number of ether oxygens (including phenoxy) is 2. The molecule has 0 radical (unpaired) electrons. The molecule has 0 aliphatic heterocycles. The van der Waals surface area contributed by atoms with Crippen LogP contribution in [0.4, 0.5) is 0 Å². The van der Waals surface area contributed by atoms with Gasteiger partial charge in [0.2, 0.25) is 0 Å². The lowest BCUT2D eigenvalue weighted by molar-refractivity contribution is 0.145. The molecule has 1 aromatic carbocycles. The zero-order valence-corrected chi connectivity index (χ0v) is 13.2. The Morgan fingerprint density at radius 1 is 1.10 bits per heavy atom. The number of rotatable bonds is 11. The van der Waals surface area contributed by atoms with Crippen molar-refractivity contribution < 1.29 is 9.47 Å². The van der Waals surface area contributed by atoms with Crippen molar-refractivity contribution in [2.24, 2.45) is 0 Å². The summed E-state index contributed by atoms with van der Waals surface area (Å²) < 4.78 is 10.8. The van der Waals surface area contributed by atoms with Crippen molar-refractivity contribution in [1.82, 2.24) is 5.32 Å². The van der Waals surface area contributed by atoms with E-state index >= 15 is 0 Å². The smallest absolute Gasteiger partial charge is 0.124 e. The number of methoxy groups -OCH3 is 1. The van der Waals surface area contributed by atoms with E-state index in [1.807, 2.05) is 12.1 Å². The number of hydrogen-bond acceptors (Lipinski definition) is 3. The highest BCUT2D eigenvalue weighted by atomic mass is 16.5. The van der Waals surface area contributed by atoms with Gasteiger partial charge in [0.15, 0.2) is 0 Å². The molecule has 1 unspecified atom stereocenters. The monoisotopic (exact) mass is 279 g/mol. The number of nitrogens with one attached hydrogen (secondary N) is 1. The third kappa shape index (κ3) is 6.40. The van der Waals surface area contributed by atoms with E-state index in [-0.39, 0.29) is 0 Å². The van der Waals surface area contributed by atoms with Gasteiger partial charge in [0, 0.05) is 18.7 Å². The zero-order chi connectivity index (χ0) is 14.6. The van der Waals surface area contributed by atoms with Crippen LogP contribution in [0, 0.1) is 0 Å². The molecular formula is C17H29NO2. The minimum atomic E-state index is 0.315. The molecule has 114 valence electrons. The van der Waals surface area contributed by atoms with Gasteiger partial charge in [-0.1, -0.05) is 44.4 Å². The van der Waals surface area contributed by atoms with Crippen molar-refractivity contribution >= 4 is 0 Å². The Hall–Kier alpha value is -1.06. The largest absolute Gasteiger partial charge is 0.491 e. The second-order valence-electron chi connectivity index (χ2n) is 5.12. The molecule has 1 atom stereocenters. The topological polar surface area (TPSA) is 30.5 Å². The van der Waals surface area contributed by atoms with Gasteiger partial charge in [0.1, 0.15) is 12.4 Å². The van der Waals surface area contributed by atoms with E-state index in [1.54, 1.807) is 7.11 Å². The van der Waals surface area contributed by atoms with Crippen LogP contribution in [0.2, 0.25) is 0 Å². The third-order valence-corrected chi connectivity index (χ3v) is 3.41. The molecular weight excluding hydrogens is 250 g/mol. The molecule has 0 spiro atoms. The van der Waals surface area contributed by atoms with Crippen LogP contribution >= 0.6 is 0 Å². The summed E-state index contributed by atoms with van der Waals surface area (Å²) in [5, 5.41) is 3.58. The Morgan fingerprint density at radius 3 is 2.65 bits per heavy atom. The summed E-state index contributed by atoms with van der Waals surface area (Å²) in [4.78, 5) is 0. The minimum absolute atomic E-state index is 0.315. The molecule has 0 amide bonds. The highest BCUT2D eigenvalue weighted by Crippen LogP contribution is 2.24. The normalized spacial score (nSPS) is 12.3. The summed E-state index contributed by atoms with van der Waals surface area (Å²) >= 11 is 0. The van der Waals surface area contributed by atoms with Crippen LogP contribution in [0.25, 0.3) is 0 Å². The summed E-state index contributed by atoms with van der Waals surface area (Å²) in [7, 11) is 1.69. The van der Waals surface area contributed by atoms with Crippen molar-refractivity contribution in [3.8, 4) is 5.75 Å². The number of unbranched alkanes of at least 4 members (excludes halogenated alkanes) is 3. The van der Waals surface area contributed by atoms with Gasteiger partial charge >= 0.3 is 0 Å². The Labute approximate surface area is 123 Å². The first kappa shape index (κ1) is 17.0. The molecule has 0 saturated heterocycles. The van der Waals surface area contributed by atoms with Gasteiger partial charge in [-0.2, -0.15) is 0 Å². The van der Waals surface area contributed by atoms with Gasteiger partial charge in [0.25, 0.3) is 0 Å².